The van der Waals surface area contributed by atoms with E-state index in [1.807, 2.05) is 24.3 Å². The van der Waals surface area contributed by atoms with E-state index in [-0.39, 0.29) is 5.91 Å². The van der Waals surface area contributed by atoms with Gasteiger partial charge in [-0.05, 0) is 30.2 Å². The maximum Gasteiger partial charge on any atom is 0.235 e. The fraction of sp³-hybridized carbons (Fsp3) is 0.222. The number of anilines is 1. The minimum absolute atomic E-state index is 0.245. The van der Waals surface area contributed by atoms with Gasteiger partial charge in [0.15, 0.2) is 5.82 Å². The number of hydrogen-bond donors (Lipinski definition) is 2. The van der Waals surface area contributed by atoms with Crippen LogP contribution in [0.25, 0.3) is 0 Å². The van der Waals surface area contributed by atoms with E-state index < -0.39 is 5.92 Å². The number of para-hydroxylation sites is 1. The maximum absolute atomic E-state index is 12.9. The quantitative estimate of drug-likeness (QED) is 0.675. The number of rotatable bonds is 7. The molecule has 8 heteroatoms. The summed E-state index contributed by atoms with van der Waals surface area (Å²) < 4.78 is 10.6. The van der Waals surface area contributed by atoms with Crippen molar-refractivity contribution in [1.82, 2.24) is 20.6 Å². The molecule has 8 nitrogen and oxygen atoms in total. The lowest BCUT2D eigenvalue weighted by Crippen LogP contribution is -2.24. The molecule has 0 saturated carbocycles. The molecule has 26 heavy (non-hydrogen) atoms. The van der Waals surface area contributed by atoms with Crippen LogP contribution in [0.2, 0.25) is 0 Å². The average molecular weight is 353 g/mol. The molecule has 0 aliphatic carbocycles. The molecule has 0 bridgehead atoms. The zero-order chi connectivity index (χ0) is 18.4. The van der Waals surface area contributed by atoms with Crippen LogP contribution in [-0.4, -0.2) is 40.8 Å². The van der Waals surface area contributed by atoms with Gasteiger partial charge in [0.1, 0.15) is 17.4 Å². The number of hydrogen-bond acceptors (Lipinski definition) is 6. The van der Waals surface area contributed by atoms with E-state index in [2.05, 4.69) is 25.9 Å². The highest BCUT2D eigenvalue weighted by atomic mass is 16.5. The van der Waals surface area contributed by atoms with E-state index >= 15 is 0 Å². The van der Waals surface area contributed by atoms with Gasteiger partial charge in [-0.25, -0.2) is 0 Å². The number of aromatic nitrogens is 4. The summed E-state index contributed by atoms with van der Waals surface area (Å²) in [6, 6.07) is 14.7. The minimum atomic E-state index is -0.628. The Morgan fingerprint density at radius 1 is 1.15 bits per heavy atom. The van der Waals surface area contributed by atoms with Crippen molar-refractivity contribution >= 4 is 11.6 Å². The second-order valence-electron chi connectivity index (χ2n) is 5.56. The first-order valence-corrected chi connectivity index (χ1v) is 8.01. The summed E-state index contributed by atoms with van der Waals surface area (Å²) in [5.74, 6) is 0.803. The summed E-state index contributed by atoms with van der Waals surface area (Å²) in [4.78, 5) is 12.9. The molecule has 0 aliphatic heterocycles. The van der Waals surface area contributed by atoms with Gasteiger partial charge in [0.25, 0.3) is 0 Å². The number of amides is 1. The predicted molar refractivity (Wildman–Crippen MR) is 95.2 cm³/mol. The van der Waals surface area contributed by atoms with Gasteiger partial charge in [-0.1, -0.05) is 29.5 Å². The number of methoxy groups -OCH3 is 2. The van der Waals surface area contributed by atoms with Crippen LogP contribution in [0.1, 0.15) is 17.3 Å². The standard InChI is InChI=1S/C18H19N5O3/c1-25-14-8-5-7-13(11-14)19-18(24)15(17-20-22-23-21-17)10-12-6-3-4-9-16(12)26-2/h3-9,11,15H,10H2,1-2H3,(H,19,24)(H,20,21,22,23)/t15-/m0/s1. The Hall–Kier alpha value is -3.42. The molecule has 0 unspecified atom stereocenters. The summed E-state index contributed by atoms with van der Waals surface area (Å²) >= 11 is 0. The Morgan fingerprint density at radius 2 is 2.00 bits per heavy atom. The Bertz CT molecular complexity index is 867. The van der Waals surface area contributed by atoms with Crippen LogP contribution in [0.5, 0.6) is 11.5 Å². The SMILES string of the molecule is COc1cccc(NC(=O)[C@@H](Cc2ccccc2OC)c2nn[nH]n2)c1. The summed E-state index contributed by atoms with van der Waals surface area (Å²) in [6.07, 6.45) is 0.374. The van der Waals surface area contributed by atoms with Crippen molar-refractivity contribution in [2.24, 2.45) is 0 Å². The topological polar surface area (TPSA) is 102 Å². The van der Waals surface area contributed by atoms with Gasteiger partial charge in [-0.15, -0.1) is 10.2 Å². The summed E-state index contributed by atoms with van der Waals surface area (Å²) in [5.41, 5.74) is 1.51. The smallest absolute Gasteiger partial charge is 0.235 e. The van der Waals surface area contributed by atoms with Crippen LogP contribution < -0.4 is 14.8 Å². The lowest BCUT2D eigenvalue weighted by Gasteiger charge is -2.16. The summed E-state index contributed by atoms with van der Waals surface area (Å²) in [7, 11) is 3.17. The Balaban J connectivity index is 1.85. The van der Waals surface area contributed by atoms with Crippen LogP contribution in [-0.2, 0) is 11.2 Å². The number of carbonyl (C=O) groups is 1. The van der Waals surface area contributed by atoms with Gasteiger partial charge >= 0.3 is 0 Å². The van der Waals surface area contributed by atoms with E-state index in [0.717, 1.165) is 5.56 Å². The molecule has 2 N–H and O–H groups in total. The first-order chi connectivity index (χ1) is 12.7. The van der Waals surface area contributed by atoms with E-state index in [0.29, 0.717) is 29.4 Å². The van der Waals surface area contributed by atoms with E-state index in [1.165, 1.54) is 0 Å². The molecular weight excluding hydrogens is 334 g/mol. The van der Waals surface area contributed by atoms with Crippen LogP contribution in [0.3, 0.4) is 0 Å². The highest BCUT2D eigenvalue weighted by molar-refractivity contribution is 5.95. The van der Waals surface area contributed by atoms with Crippen LogP contribution in [0, 0.1) is 0 Å². The Morgan fingerprint density at radius 3 is 2.73 bits per heavy atom. The van der Waals surface area contributed by atoms with E-state index in [1.54, 1.807) is 38.5 Å². The third kappa shape index (κ3) is 3.97. The largest absolute Gasteiger partial charge is 0.497 e. The minimum Gasteiger partial charge on any atom is -0.497 e. The van der Waals surface area contributed by atoms with Gasteiger partial charge in [-0.3, -0.25) is 4.79 Å². The number of aromatic amines is 1. The van der Waals surface area contributed by atoms with Gasteiger partial charge in [0, 0.05) is 11.8 Å². The number of nitrogens with zero attached hydrogens (tertiary/aromatic N) is 3. The molecule has 1 aromatic heterocycles. The van der Waals surface area contributed by atoms with Gasteiger partial charge in [0.05, 0.1) is 14.2 Å². The monoisotopic (exact) mass is 353 g/mol. The molecular formula is C18H19N5O3. The van der Waals surface area contributed by atoms with Gasteiger partial charge < -0.3 is 14.8 Å². The molecule has 0 aliphatic rings. The summed E-state index contributed by atoms with van der Waals surface area (Å²) in [6.45, 7) is 0. The number of H-pyrrole nitrogens is 1. The van der Waals surface area contributed by atoms with Crippen molar-refractivity contribution in [3.63, 3.8) is 0 Å². The molecule has 0 radical (unpaired) electrons. The zero-order valence-electron chi connectivity index (χ0n) is 14.5. The molecule has 134 valence electrons. The molecule has 1 amide bonds. The Kier molecular flexibility index (Phi) is 5.43. The van der Waals surface area contributed by atoms with Gasteiger partial charge in [0.2, 0.25) is 5.91 Å². The summed E-state index contributed by atoms with van der Waals surface area (Å²) in [5, 5.41) is 16.8. The second-order valence-corrected chi connectivity index (χ2v) is 5.56. The maximum atomic E-state index is 12.9. The second kappa shape index (κ2) is 8.11. The molecule has 1 heterocycles. The fourth-order valence-corrected chi connectivity index (χ4v) is 2.64. The number of ether oxygens (including phenoxy) is 2. The molecule has 0 fully saturated rings. The lowest BCUT2D eigenvalue weighted by molar-refractivity contribution is -0.117. The predicted octanol–water partition coefficient (Wildman–Crippen LogP) is 2.18. The first kappa shape index (κ1) is 17.4. The van der Waals surface area contributed by atoms with Crippen molar-refractivity contribution in [3.8, 4) is 11.5 Å². The van der Waals surface area contributed by atoms with Crippen molar-refractivity contribution in [1.29, 1.82) is 0 Å². The van der Waals surface area contributed by atoms with E-state index in [4.69, 9.17) is 9.47 Å². The molecule has 0 spiro atoms. The molecule has 0 saturated heterocycles. The third-order valence-electron chi connectivity index (χ3n) is 3.94. The van der Waals surface area contributed by atoms with E-state index in [9.17, 15) is 4.79 Å². The highest BCUT2D eigenvalue weighted by Gasteiger charge is 2.26. The zero-order valence-corrected chi connectivity index (χ0v) is 14.5. The molecule has 2 aromatic carbocycles. The van der Waals surface area contributed by atoms with Crippen molar-refractivity contribution < 1.29 is 14.3 Å². The number of carbonyl (C=O) groups excluding carboxylic acids is 1. The molecule has 3 rings (SSSR count). The van der Waals surface area contributed by atoms with Gasteiger partial charge in [-0.2, -0.15) is 5.21 Å². The number of benzene rings is 2. The normalized spacial score (nSPS) is 11.6. The molecule has 1 atom stereocenters. The van der Waals surface area contributed by atoms with Crippen LogP contribution in [0.4, 0.5) is 5.69 Å². The van der Waals surface area contributed by atoms with Crippen LogP contribution in [0.15, 0.2) is 48.5 Å². The van der Waals surface area contributed by atoms with Crippen LogP contribution >= 0.6 is 0 Å². The van der Waals surface area contributed by atoms with Crippen molar-refractivity contribution in [2.45, 2.75) is 12.3 Å². The third-order valence-corrected chi connectivity index (χ3v) is 3.94. The average Bonchev–Trinajstić information content (AvgIpc) is 3.20. The molecule has 3 aromatic rings. The lowest BCUT2D eigenvalue weighted by atomic mass is 9.97. The number of tetrazole rings is 1. The fourth-order valence-electron chi connectivity index (χ4n) is 2.64. The first-order valence-electron chi connectivity index (χ1n) is 8.01. The number of nitrogens with one attached hydrogen (secondary N) is 2. The Labute approximate surface area is 150 Å². The van der Waals surface area contributed by atoms with Crippen molar-refractivity contribution in [2.75, 3.05) is 19.5 Å². The highest BCUT2D eigenvalue weighted by Crippen LogP contribution is 2.26. The van der Waals surface area contributed by atoms with Crippen molar-refractivity contribution in [3.05, 3.63) is 59.9 Å².